The van der Waals surface area contributed by atoms with Crippen molar-refractivity contribution in [3.8, 4) is 17.1 Å². The number of pyridine rings is 1. The largest absolute Gasteiger partial charge is 0.497 e. The zero-order valence-corrected chi connectivity index (χ0v) is 18.2. The Hall–Kier alpha value is -3.68. The van der Waals surface area contributed by atoms with Crippen molar-refractivity contribution in [3.63, 3.8) is 0 Å². The molecule has 1 aromatic carbocycles. The van der Waals surface area contributed by atoms with Gasteiger partial charge < -0.3 is 19.5 Å². The number of rotatable bonds is 6. The third-order valence-electron chi connectivity index (χ3n) is 5.67. The Morgan fingerprint density at radius 3 is 2.84 bits per heavy atom. The summed E-state index contributed by atoms with van der Waals surface area (Å²) in [5.74, 6) is 0.949. The number of piperidine rings is 1. The van der Waals surface area contributed by atoms with Crippen molar-refractivity contribution in [1.29, 1.82) is 0 Å². The summed E-state index contributed by atoms with van der Waals surface area (Å²) in [5, 5.41) is 7.03. The molecule has 8 heteroatoms. The fraction of sp³-hybridized carbons (Fsp3) is 0.333. The monoisotopic (exact) mass is 434 g/mol. The summed E-state index contributed by atoms with van der Waals surface area (Å²) in [6, 6.07) is 14.4. The average molecular weight is 434 g/mol. The molecule has 166 valence electrons. The number of hydrogen-bond acceptors (Lipinski definition) is 6. The third-order valence-corrected chi connectivity index (χ3v) is 5.67. The summed E-state index contributed by atoms with van der Waals surface area (Å²) in [4.78, 5) is 31.2. The lowest BCUT2D eigenvalue weighted by molar-refractivity contribution is -0.120. The molecule has 1 fully saturated rings. The predicted octanol–water partition coefficient (Wildman–Crippen LogP) is 3.47. The van der Waals surface area contributed by atoms with Gasteiger partial charge in [-0.1, -0.05) is 23.4 Å². The first kappa shape index (κ1) is 21.5. The van der Waals surface area contributed by atoms with E-state index in [1.165, 1.54) is 6.92 Å². The lowest BCUT2D eigenvalue weighted by Gasteiger charge is -2.36. The fourth-order valence-electron chi connectivity index (χ4n) is 4.13. The number of likely N-dealkylation sites (tertiary alicyclic amines) is 1. The average Bonchev–Trinajstić information content (AvgIpc) is 3.33. The smallest absolute Gasteiger partial charge is 0.276 e. The van der Waals surface area contributed by atoms with Gasteiger partial charge in [-0.05, 0) is 37.1 Å². The van der Waals surface area contributed by atoms with Gasteiger partial charge in [0.1, 0.15) is 5.75 Å². The van der Waals surface area contributed by atoms with E-state index in [2.05, 4.69) is 15.5 Å². The molecule has 0 bridgehead atoms. The zero-order valence-electron chi connectivity index (χ0n) is 18.2. The van der Waals surface area contributed by atoms with Crippen molar-refractivity contribution in [2.75, 3.05) is 20.2 Å². The highest BCUT2D eigenvalue weighted by Gasteiger charge is 2.33. The topological polar surface area (TPSA) is 97.6 Å². The van der Waals surface area contributed by atoms with Crippen molar-refractivity contribution in [3.05, 3.63) is 66.1 Å². The molecule has 2 atom stereocenters. The zero-order chi connectivity index (χ0) is 22.5. The van der Waals surface area contributed by atoms with E-state index in [0.29, 0.717) is 24.6 Å². The molecule has 2 amide bonds. The van der Waals surface area contributed by atoms with E-state index in [0.717, 1.165) is 24.1 Å². The normalized spacial score (nSPS) is 16.9. The lowest BCUT2D eigenvalue weighted by Crippen LogP contribution is -2.45. The number of benzene rings is 1. The van der Waals surface area contributed by atoms with Crippen LogP contribution in [0.15, 0.2) is 59.3 Å². The van der Waals surface area contributed by atoms with Gasteiger partial charge in [-0.15, -0.1) is 0 Å². The number of carbonyl (C=O) groups is 2. The molecular formula is C24H26N4O4. The Morgan fingerprint density at radius 2 is 2.09 bits per heavy atom. The summed E-state index contributed by atoms with van der Waals surface area (Å²) in [5.41, 5.74) is 1.84. The van der Waals surface area contributed by atoms with Gasteiger partial charge in [-0.25, -0.2) is 0 Å². The molecule has 3 heterocycles. The number of aromatic nitrogens is 2. The minimum atomic E-state index is -0.256. The molecule has 1 aliphatic heterocycles. The number of hydrogen-bond donors (Lipinski definition) is 1. The molecule has 0 spiro atoms. The number of carbonyl (C=O) groups excluding carboxylic acids is 2. The van der Waals surface area contributed by atoms with Crippen LogP contribution in [0.1, 0.15) is 42.0 Å². The van der Waals surface area contributed by atoms with Gasteiger partial charge in [0, 0.05) is 43.8 Å². The maximum absolute atomic E-state index is 13.2. The number of methoxy groups -OCH3 is 1. The Balaban J connectivity index is 1.51. The van der Waals surface area contributed by atoms with Crippen LogP contribution in [0.4, 0.5) is 0 Å². The van der Waals surface area contributed by atoms with Gasteiger partial charge in [0.2, 0.25) is 5.91 Å². The summed E-state index contributed by atoms with van der Waals surface area (Å²) < 4.78 is 10.7. The first-order valence-corrected chi connectivity index (χ1v) is 10.6. The van der Waals surface area contributed by atoms with Gasteiger partial charge in [-0.3, -0.25) is 14.6 Å². The molecule has 0 radical (unpaired) electrons. The number of ether oxygens (including phenoxy) is 1. The Bertz CT molecular complexity index is 1080. The SMILES string of the molecule is COc1cccc(-c2cc(C(=O)N3CCC[C@@H]([C@@H](NC(C)=O)c4ccccn4)C3)no2)c1. The standard InChI is InChI=1S/C24H26N4O4/c1-16(29)26-23(20-10-3-4-11-25-20)18-8-6-12-28(15-18)24(30)21-14-22(32-27-21)17-7-5-9-19(13-17)31-2/h3-5,7,9-11,13-14,18,23H,6,8,12,15H2,1-2H3,(H,26,29)/t18-,23-/m1/s1. The van der Waals surface area contributed by atoms with E-state index in [1.807, 2.05) is 42.5 Å². The summed E-state index contributed by atoms with van der Waals surface area (Å²) in [6.07, 6.45) is 3.44. The second-order valence-electron chi connectivity index (χ2n) is 7.89. The van der Waals surface area contributed by atoms with Crippen molar-refractivity contribution in [2.24, 2.45) is 5.92 Å². The van der Waals surface area contributed by atoms with E-state index in [4.69, 9.17) is 9.26 Å². The second kappa shape index (κ2) is 9.64. The van der Waals surface area contributed by atoms with Crippen molar-refractivity contribution in [2.45, 2.75) is 25.8 Å². The van der Waals surface area contributed by atoms with E-state index in [9.17, 15) is 9.59 Å². The molecule has 0 saturated carbocycles. The maximum atomic E-state index is 13.2. The van der Waals surface area contributed by atoms with Crippen LogP contribution in [0.3, 0.4) is 0 Å². The highest BCUT2D eigenvalue weighted by Crippen LogP contribution is 2.30. The van der Waals surface area contributed by atoms with E-state index < -0.39 is 0 Å². The van der Waals surface area contributed by atoms with E-state index in [-0.39, 0.29) is 29.5 Å². The summed E-state index contributed by atoms with van der Waals surface area (Å²) in [7, 11) is 1.60. The van der Waals surface area contributed by atoms with Gasteiger partial charge in [0.15, 0.2) is 11.5 Å². The number of nitrogens with one attached hydrogen (secondary N) is 1. The van der Waals surface area contributed by atoms with Crippen LogP contribution in [-0.2, 0) is 4.79 Å². The molecule has 3 aromatic rings. The molecule has 1 N–H and O–H groups in total. The molecule has 32 heavy (non-hydrogen) atoms. The quantitative estimate of drug-likeness (QED) is 0.638. The van der Waals surface area contributed by atoms with Crippen molar-refractivity contribution >= 4 is 11.8 Å². The molecule has 0 aliphatic carbocycles. The van der Waals surface area contributed by atoms with Crippen LogP contribution in [0.2, 0.25) is 0 Å². The Kier molecular flexibility index (Phi) is 6.49. The molecule has 4 rings (SSSR count). The molecular weight excluding hydrogens is 408 g/mol. The third kappa shape index (κ3) is 4.80. The van der Waals surface area contributed by atoms with E-state index >= 15 is 0 Å². The van der Waals surface area contributed by atoms with Crippen LogP contribution < -0.4 is 10.1 Å². The van der Waals surface area contributed by atoms with Gasteiger partial charge >= 0.3 is 0 Å². The van der Waals surface area contributed by atoms with Crippen molar-refractivity contribution < 1.29 is 18.8 Å². The van der Waals surface area contributed by atoms with Crippen LogP contribution >= 0.6 is 0 Å². The first-order valence-electron chi connectivity index (χ1n) is 10.6. The van der Waals surface area contributed by atoms with Gasteiger partial charge in [-0.2, -0.15) is 0 Å². The lowest BCUT2D eigenvalue weighted by atomic mass is 9.88. The van der Waals surface area contributed by atoms with E-state index in [1.54, 1.807) is 24.3 Å². The molecule has 8 nitrogen and oxygen atoms in total. The van der Waals surface area contributed by atoms with Crippen molar-refractivity contribution in [1.82, 2.24) is 20.4 Å². The second-order valence-corrected chi connectivity index (χ2v) is 7.89. The summed E-state index contributed by atoms with van der Waals surface area (Å²) >= 11 is 0. The minimum Gasteiger partial charge on any atom is -0.497 e. The first-order chi connectivity index (χ1) is 15.5. The molecule has 1 aliphatic rings. The maximum Gasteiger partial charge on any atom is 0.276 e. The fourth-order valence-corrected chi connectivity index (χ4v) is 4.13. The Morgan fingerprint density at radius 1 is 1.22 bits per heavy atom. The van der Waals surface area contributed by atoms with Crippen LogP contribution in [0.5, 0.6) is 5.75 Å². The number of nitrogens with zero attached hydrogens (tertiary/aromatic N) is 3. The predicted molar refractivity (Wildman–Crippen MR) is 118 cm³/mol. The molecule has 1 saturated heterocycles. The Labute approximate surface area is 186 Å². The van der Waals surface area contributed by atoms with Crippen LogP contribution in [0, 0.1) is 5.92 Å². The molecule has 0 unspecified atom stereocenters. The number of amides is 2. The highest BCUT2D eigenvalue weighted by molar-refractivity contribution is 5.93. The minimum absolute atomic E-state index is 0.0521. The highest BCUT2D eigenvalue weighted by atomic mass is 16.5. The van der Waals surface area contributed by atoms with Crippen LogP contribution in [-0.4, -0.2) is 47.1 Å². The summed E-state index contributed by atoms with van der Waals surface area (Å²) in [6.45, 7) is 2.63. The van der Waals surface area contributed by atoms with Gasteiger partial charge in [0.05, 0.1) is 18.8 Å². The van der Waals surface area contributed by atoms with Gasteiger partial charge in [0.25, 0.3) is 5.91 Å². The molecule has 2 aromatic heterocycles. The van der Waals surface area contributed by atoms with Crippen LogP contribution in [0.25, 0.3) is 11.3 Å².